The first-order valence-corrected chi connectivity index (χ1v) is 12.1. The van der Waals surface area contributed by atoms with Crippen LogP contribution >= 0.6 is 0 Å². The summed E-state index contributed by atoms with van der Waals surface area (Å²) in [5.74, 6) is -4.52. The largest absolute Gasteiger partial charge is 0.298 e. The van der Waals surface area contributed by atoms with Crippen LogP contribution in [-0.2, 0) is 26.2 Å². The van der Waals surface area contributed by atoms with Crippen LogP contribution < -0.4 is 5.48 Å². The predicted molar refractivity (Wildman–Crippen MR) is 117 cm³/mol. The fourth-order valence-electron chi connectivity index (χ4n) is 4.10. The molecule has 33 heavy (non-hydrogen) atoms. The van der Waals surface area contributed by atoms with Gasteiger partial charge in [0.05, 0.1) is 6.42 Å². The molecule has 0 bridgehead atoms. The highest BCUT2D eigenvalue weighted by Crippen LogP contribution is 2.38. The lowest BCUT2D eigenvalue weighted by atomic mass is 9.93. The number of hydroxylamine groups is 1. The van der Waals surface area contributed by atoms with Crippen LogP contribution in [0.1, 0.15) is 61.0 Å². The summed E-state index contributed by atoms with van der Waals surface area (Å²) in [6.45, 7) is 2.71. The van der Waals surface area contributed by atoms with Crippen molar-refractivity contribution in [2.75, 3.05) is 0 Å². The number of nitrogens with zero attached hydrogens (tertiary/aromatic N) is 1. The monoisotopic (exact) mass is 480 g/mol. The van der Waals surface area contributed by atoms with Crippen LogP contribution in [0.4, 0.5) is 8.78 Å². The van der Waals surface area contributed by atoms with Crippen LogP contribution in [0.5, 0.6) is 0 Å². The fraction of sp³-hybridized carbons (Fsp3) is 0.391. The quantitative estimate of drug-likeness (QED) is 0.358. The zero-order valence-corrected chi connectivity index (χ0v) is 19.1. The van der Waals surface area contributed by atoms with Crippen molar-refractivity contribution in [3.63, 3.8) is 0 Å². The summed E-state index contributed by atoms with van der Waals surface area (Å²) >= 11 is 0. The second-order valence-corrected chi connectivity index (χ2v) is 10.3. The number of hydrogen-bond donors (Lipinski definition) is 2. The normalized spacial score (nSPS) is 21.4. The van der Waals surface area contributed by atoms with E-state index in [9.17, 15) is 26.8 Å². The Labute approximate surface area is 191 Å². The van der Waals surface area contributed by atoms with Gasteiger partial charge in [0.1, 0.15) is 22.7 Å². The summed E-state index contributed by atoms with van der Waals surface area (Å²) in [5.41, 5.74) is 1.58. The molecule has 0 saturated carbocycles. The molecule has 2 aromatic carbocycles. The molecular weight excluding hydrogens is 454 g/mol. The van der Waals surface area contributed by atoms with E-state index in [4.69, 9.17) is 5.21 Å². The van der Waals surface area contributed by atoms with Crippen molar-refractivity contribution < 1.29 is 32.0 Å². The molecule has 0 spiro atoms. The topological polar surface area (TPSA) is 104 Å². The molecule has 1 amide bonds. The highest BCUT2D eigenvalue weighted by molar-refractivity contribution is 7.89. The SMILES string of the molecule is CC(C(=O)CC(=O)NO)c1cc(F)c(CN2[C@@H](C)CC[C@H](c3ccccc3)S2(=O)=O)cc1F. The minimum Gasteiger partial charge on any atom is -0.298 e. The van der Waals surface area contributed by atoms with Crippen molar-refractivity contribution >= 4 is 21.7 Å². The Kier molecular flexibility index (Phi) is 7.61. The van der Waals surface area contributed by atoms with Gasteiger partial charge in [-0.1, -0.05) is 37.3 Å². The van der Waals surface area contributed by atoms with E-state index in [0.717, 1.165) is 12.1 Å². The van der Waals surface area contributed by atoms with Crippen molar-refractivity contribution in [2.45, 2.75) is 56.9 Å². The van der Waals surface area contributed by atoms with Crippen molar-refractivity contribution in [1.29, 1.82) is 0 Å². The van der Waals surface area contributed by atoms with Crippen molar-refractivity contribution in [2.24, 2.45) is 0 Å². The number of sulfonamides is 1. The average Bonchev–Trinajstić information content (AvgIpc) is 2.78. The summed E-state index contributed by atoms with van der Waals surface area (Å²) in [6.07, 6.45) is 0.311. The van der Waals surface area contributed by atoms with Crippen LogP contribution in [0, 0.1) is 11.6 Å². The Morgan fingerprint density at radius 3 is 2.45 bits per heavy atom. The number of carbonyl (C=O) groups is 2. The van der Waals surface area contributed by atoms with Gasteiger partial charge in [-0.3, -0.25) is 14.8 Å². The van der Waals surface area contributed by atoms with E-state index in [0.29, 0.717) is 18.4 Å². The highest BCUT2D eigenvalue weighted by Gasteiger charge is 2.40. The standard InChI is InChI=1S/C23H26F2N2O5S/c1-14-8-9-22(16-6-4-3-5-7-16)33(31,32)27(14)13-17-10-20(25)18(11-19(17)24)15(2)21(28)12-23(29)26-30/h3-7,10-11,14-15,22,30H,8-9,12-13H2,1-2H3,(H,26,29)/t14-,15?,22+/m0/s1. The number of hydrogen-bond acceptors (Lipinski definition) is 5. The molecular formula is C23H26F2N2O5S. The van der Waals surface area contributed by atoms with Gasteiger partial charge in [0, 0.05) is 29.6 Å². The molecule has 178 valence electrons. The maximum atomic E-state index is 14.9. The minimum atomic E-state index is -3.83. The first kappa shape index (κ1) is 24.9. The van der Waals surface area contributed by atoms with Gasteiger partial charge < -0.3 is 0 Å². The van der Waals surface area contributed by atoms with Crippen LogP contribution in [0.2, 0.25) is 0 Å². The molecule has 1 unspecified atom stereocenters. The summed E-state index contributed by atoms with van der Waals surface area (Å²) in [6, 6.07) is 10.1. The van der Waals surface area contributed by atoms with E-state index in [1.54, 1.807) is 37.3 Å². The summed E-state index contributed by atoms with van der Waals surface area (Å²) in [5, 5.41) is 7.78. The number of amides is 1. The van der Waals surface area contributed by atoms with Crippen molar-refractivity contribution in [1.82, 2.24) is 9.79 Å². The number of carbonyl (C=O) groups excluding carboxylic acids is 2. The van der Waals surface area contributed by atoms with E-state index < -0.39 is 57.0 Å². The molecule has 2 aromatic rings. The predicted octanol–water partition coefficient (Wildman–Crippen LogP) is 3.59. The molecule has 2 N–H and O–H groups in total. The third-order valence-corrected chi connectivity index (χ3v) is 8.47. The second kappa shape index (κ2) is 10.1. The van der Waals surface area contributed by atoms with Gasteiger partial charge in [0.2, 0.25) is 10.0 Å². The van der Waals surface area contributed by atoms with Gasteiger partial charge in [0.25, 0.3) is 5.91 Å². The smallest absolute Gasteiger partial charge is 0.250 e. The first-order chi connectivity index (χ1) is 15.6. The Morgan fingerprint density at radius 2 is 1.82 bits per heavy atom. The molecule has 1 saturated heterocycles. The summed E-state index contributed by atoms with van der Waals surface area (Å²) in [4.78, 5) is 23.3. The lowest BCUT2D eigenvalue weighted by molar-refractivity contribution is -0.134. The van der Waals surface area contributed by atoms with Gasteiger partial charge in [-0.15, -0.1) is 0 Å². The number of benzene rings is 2. The van der Waals surface area contributed by atoms with Crippen LogP contribution in [0.3, 0.4) is 0 Å². The highest BCUT2D eigenvalue weighted by atomic mass is 32.2. The number of nitrogens with one attached hydrogen (secondary N) is 1. The van der Waals surface area contributed by atoms with E-state index >= 15 is 0 Å². The van der Waals surface area contributed by atoms with Gasteiger partial charge in [-0.2, -0.15) is 4.31 Å². The molecule has 3 atom stereocenters. The molecule has 1 fully saturated rings. The Hall–Kier alpha value is -2.69. The lowest BCUT2D eigenvalue weighted by Gasteiger charge is -2.37. The number of rotatable bonds is 7. The molecule has 0 radical (unpaired) electrons. The Morgan fingerprint density at radius 1 is 1.15 bits per heavy atom. The Bertz CT molecular complexity index is 1140. The van der Waals surface area contributed by atoms with Crippen LogP contribution in [0.25, 0.3) is 0 Å². The molecule has 1 aliphatic rings. The molecule has 1 heterocycles. The lowest BCUT2D eigenvalue weighted by Crippen LogP contribution is -2.44. The summed E-state index contributed by atoms with van der Waals surface area (Å²) in [7, 11) is -3.83. The van der Waals surface area contributed by atoms with Gasteiger partial charge in [-0.05, 0) is 37.5 Å². The maximum Gasteiger partial charge on any atom is 0.250 e. The average molecular weight is 481 g/mol. The third kappa shape index (κ3) is 5.29. The van der Waals surface area contributed by atoms with Crippen molar-refractivity contribution in [3.05, 3.63) is 70.8 Å². The maximum absolute atomic E-state index is 14.9. The third-order valence-electron chi connectivity index (χ3n) is 6.10. The molecule has 10 heteroatoms. The van der Waals surface area contributed by atoms with Gasteiger partial charge in [0.15, 0.2) is 0 Å². The van der Waals surface area contributed by atoms with E-state index in [1.165, 1.54) is 16.7 Å². The van der Waals surface area contributed by atoms with E-state index in [2.05, 4.69) is 0 Å². The van der Waals surface area contributed by atoms with E-state index in [-0.39, 0.29) is 17.7 Å². The molecule has 3 rings (SSSR count). The van der Waals surface area contributed by atoms with Gasteiger partial charge >= 0.3 is 0 Å². The minimum absolute atomic E-state index is 0.145. The summed E-state index contributed by atoms with van der Waals surface area (Å²) < 4.78 is 57.6. The number of halogens is 2. The first-order valence-electron chi connectivity index (χ1n) is 10.5. The molecule has 1 aliphatic heterocycles. The number of ketones is 1. The second-order valence-electron chi connectivity index (χ2n) is 8.28. The molecule has 0 aliphatic carbocycles. The fourth-order valence-corrected chi connectivity index (χ4v) is 6.29. The van der Waals surface area contributed by atoms with E-state index in [1.807, 2.05) is 0 Å². The van der Waals surface area contributed by atoms with Crippen molar-refractivity contribution in [3.8, 4) is 0 Å². The van der Waals surface area contributed by atoms with Crippen LogP contribution in [0.15, 0.2) is 42.5 Å². The van der Waals surface area contributed by atoms with Crippen LogP contribution in [-0.4, -0.2) is 35.7 Å². The number of Topliss-reactive ketones (excluding diaryl/α,β-unsaturated/α-hetero) is 1. The molecule has 7 nitrogen and oxygen atoms in total. The molecule has 0 aromatic heterocycles. The Balaban J connectivity index is 1.87. The zero-order chi connectivity index (χ0) is 24.3. The zero-order valence-electron chi connectivity index (χ0n) is 18.3. The van der Waals surface area contributed by atoms with Gasteiger partial charge in [-0.25, -0.2) is 22.7 Å².